The Balaban J connectivity index is 1.40. The van der Waals surface area contributed by atoms with Crippen LogP contribution in [0.2, 0.25) is 10.0 Å². The highest BCUT2D eigenvalue weighted by Gasteiger charge is 2.29. The fourth-order valence-corrected chi connectivity index (χ4v) is 4.29. The number of hydrogen-bond acceptors (Lipinski definition) is 3. The van der Waals surface area contributed by atoms with E-state index in [1.54, 1.807) is 33.8 Å². The molecule has 1 aromatic heterocycles. The van der Waals surface area contributed by atoms with E-state index in [2.05, 4.69) is 22.5 Å². The van der Waals surface area contributed by atoms with Crippen LogP contribution in [0.1, 0.15) is 45.4 Å². The molecule has 0 radical (unpaired) electrons. The maximum absolute atomic E-state index is 13.0. The zero-order valence-electron chi connectivity index (χ0n) is 17.7. The molecule has 0 aliphatic carbocycles. The topological polar surface area (TPSA) is 67.2 Å². The molecule has 1 aliphatic rings. The molecule has 1 N–H and O–H groups in total. The van der Waals surface area contributed by atoms with Gasteiger partial charge >= 0.3 is 0 Å². The zero-order valence-corrected chi connectivity index (χ0v) is 19.2. The Labute approximate surface area is 197 Å². The molecule has 32 heavy (non-hydrogen) atoms. The third-order valence-corrected chi connectivity index (χ3v) is 6.31. The second-order valence-corrected chi connectivity index (χ2v) is 8.78. The summed E-state index contributed by atoms with van der Waals surface area (Å²) in [6.45, 7) is 3.24. The molecule has 3 aromatic rings. The SMILES string of the molecule is C[C@H](CCc1ccccc1)NC(=O)c1cc2n(n1)CCN(Cc1c(Cl)cccc1Cl)C2=O. The average molecular weight is 471 g/mol. The first-order valence-electron chi connectivity index (χ1n) is 10.6. The molecule has 4 rings (SSSR count). The molecular weight excluding hydrogens is 447 g/mol. The largest absolute Gasteiger partial charge is 0.348 e. The normalized spacial score (nSPS) is 14.2. The van der Waals surface area contributed by atoms with Crippen LogP contribution in [0.3, 0.4) is 0 Å². The van der Waals surface area contributed by atoms with Gasteiger partial charge in [0.15, 0.2) is 5.69 Å². The third kappa shape index (κ3) is 4.97. The maximum Gasteiger partial charge on any atom is 0.272 e. The van der Waals surface area contributed by atoms with Gasteiger partial charge in [0.1, 0.15) is 5.69 Å². The monoisotopic (exact) mass is 470 g/mol. The van der Waals surface area contributed by atoms with Gasteiger partial charge in [-0.15, -0.1) is 0 Å². The van der Waals surface area contributed by atoms with Gasteiger partial charge in [0.05, 0.1) is 6.54 Å². The summed E-state index contributed by atoms with van der Waals surface area (Å²) in [7, 11) is 0. The lowest BCUT2D eigenvalue weighted by Gasteiger charge is -2.28. The van der Waals surface area contributed by atoms with Crippen molar-refractivity contribution in [3.05, 3.63) is 87.2 Å². The van der Waals surface area contributed by atoms with Crippen molar-refractivity contribution in [2.45, 2.75) is 38.9 Å². The van der Waals surface area contributed by atoms with Crippen LogP contribution in [0, 0.1) is 0 Å². The van der Waals surface area contributed by atoms with Gasteiger partial charge in [-0.1, -0.05) is 59.6 Å². The van der Waals surface area contributed by atoms with Gasteiger partial charge in [0.25, 0.3) is 11.8 Å². The number of nitrogens with one attached hydrogen (secondary N) is 1. The molecule has 1 atom stereocenters. The summed E-state index contributed by atoms with van der Waals surface area (Å²) in [6, 6.07) is 17.0. The van der Waals surface area contributed by atoms with Crippen molar-refractivity contribution in [3.8, 4) is 0 Å². The summed E-state index contributed by atoms with van der Waals surface area (Å²) < 4.78 is 1.59. The molecule has 8 heteroatoms. The quantitative estimate of drug-likeness (QED) is 0.548. The Morgan fingerprint density at radius 3 is 2.53 bits per heavy atom. The summed E-state index contributed by atoms with van der Waals surface area (Å²) in [6.07, 6.45) is 1.69. The molecule has 0 spiro atoms. The minimum absolute atomic E-state index is 0.0176. The molecule has 0 saturated carbocycles. The molecule has 0 unspecified atom stereocenters. The summed E-state index contributed by atoms with van der Waals surface area (Å²) in [5.41, 5.74) is 2.58. The first kappa shape index (κ1) is 22.4. The van der Waals surface area contributed by atoms with Crippen molar-refractivity contribution >= 4 is 35.0 Å². The number of halogens is 2. The third-order valence-electron chi connectivity index (χ3n) is 5.60. The van der Waals surface area contributed by atoms with Gasteiger partial charge in [-0.25, -0.2) is 0 Å². The van der Waals surface area contributed by atoms with Crippen LogP contribution in [0.15, 0.2) is 54.6 Å². The summed E-state index contributed by atoms with van der Waals surface area (Å²) >= 11 is 12.5. The van der Waals surface area contributed by atoms with Gasteiger partial charge in [-0.3, -0.25) is 14.3 Å². The standard InChI is InChI=1S/C24H24Cl2N4O2/c1-16(10-11-17-6-3-2-4-7-17)27-23(31)21-14-22-24(32)29(12-13-30(22)28-21)15-18-19(25)8-5-9-20(18)26/h2-9,14,16H,10-13,15H2,1H3,(H,27,31)/t16-/m1/s1. The molecule has 2 aromatic carbocycles. The Morgan fingerprint density at radius 2 is 1.81 bits per heavy atom. The minimum atomic E-state index is -0.277. The van der Waals surface area contributed by atoms with Gasteiger partial charge in [0.2, 0.25) is 0 Å². The summed E-state index contributed by atoms with van der Waals surface area (Å²) in [4.78, 5) is 27.4. The number of carbonyl (C=O) groups excluding carboxylic acids is 2. The highest BCUT2D eigenvalue weighted by atomic mass is 35.5. The molecule has 1 aliphatic heterocycles. The van der Waals surface area contributed by atoms with E-state index in [9.17, 15) is 9.59 Å². The maximum atomic E-state index is 13.0. The van der Waals surface area contributed by atoms with Gasteiger partial charge in [-0.2, -0.15) is 5.10 Å². The van der Waals surface area contributed by atoms with Crippen LogP contribution in [0.25, 0.3) is 0 Å². The number of aromatic nitrogens is 2. The molecule has 0 fully saturated rings. The Morgan fingerprint density at radius 1 is 1.09 bits per heavy atom. The number of carbonyl (C=O) groups is 2. The Kier molecular flexibility index (Phi) is 6.82. The lowest BCUT2D eigenvalue weighted by molar-refractivity contribution is 0.0683. The van der Waals surface area contributed by atoms with Crippen molar-refractivity contribution in [2.75, 3.05) is 6.54 Å². The lowest BCUT2D eigenvalue weighted by Crippen LogP contribution is -2.39. The first-order valence-corrected chi connectivity index (χ1v) is 11.3. The number of hydrogen-bond donors (Lipinski definition) is 1. The van der Waals surface area contributed by atoms with Crippen LogP contribution in [0.4, 0.5) is 0 Å². The number of benzene rings is 2. The number of amides is 2. The van der Waals surface area contributed by atoms with Gasteiger partial charge < -0.3 is 10.2 Å². The van der Waals surface area contributed by atoms with E-state index in [0.29, 0.717) is 40.9 Å². The number of nitrogens with zero attached hydrogens (tertiary/aromatic N) is 3. The van der Waals surface area contributed by atoms with Crippen LogP contribution in [-0.4, -0.2) is 39.1 Å². The van der Waals surface area contributed by atoms with Crippen molar-refractivity contribution in [3.63, 3.8) is 0 Å². The van der Waals surface area contributed by atoms with E-state index in [-0.39, 0.29) is 23.6 Å². The van der Waals surface area contributed by atoms with E-state index in [1.807, 2.05) is 25.1 Å². The number of aryl methyl sites for hydroxylation is 1. The van der Waals surface area contributed by atoms with Crippen LogP contribution in [-0.2, 0) is 19.5 Å². The van der Waals surface area contributed by atoms with Crippen LogP contribution < -0.4 is 5.32 Å². The smallest absolute Gasteiger partial charge is 0.272 e. The lowest BCUT2D eigenvalue weighted by atomic mass is 10.1. The van der Waals surface area contributed by atoms with E-state index in [1.165, 1.54) is 5.56 Å². The minimum Gasteiger partial charge on any atom is -0.348 e. The second-order valence-electron chi connectivity index (χ2n) is 7.96. The Hall–Kier alpha value is -2.83. The van der Waals surface area contributed by atoms with Crippen LogP contribution in [0.5, 0.6) is 0 Å². The van der Waals surface area contributed by atoms with Crippen molar-refractivity contribution in [2.24, 2.45) is 0 Å². The van der Waals surface area contributed by atoms with Crippen LogP contribution >= 0.6 is 23.2 Å². The van der Waals surface area contributed by atoms with E-state index in [4.69, 9.17) is 23.2 Å². The molecular formula is C24H24Cl2N4O2. The molecule has 166 valence electrons. The second kappa shape index (κ2) is 9.76. The highest BCUT2D eigenvalue weighted by Crippen LogP contribution is 2.27. The van der Waals surface area contributed by atoms with E-state index >= 15 is 0 Å². The predicted octanol–water partition coefficient (Wildman–Crippen LogP) is 4.60. The summed E-state index contributed by atoms with van der Waals surface area (Å²) in [5.74, 6) is -0.475. The van der Waals surface area contributed by atoms with Crippen molar-refractivity contribution in [1.82, 2.24) is 20.0 Å². The van der Waals surface area contributed by atoms with Crippen molar-refractivity contribution in [1.29, 1.82) is 0 Å². The van der Waals surface area contributed by atoms with Gasteiger partial charge in [-0.05, 0) is 37.5 Å². The highest BCUT2D eigenvalue weighted by molar-refractivity contribution is 6.36. The molecule has 2 heterocycles. The Bertz CT molecular complexity index is 1110. The number of rotatable bonds is 7. The number of fused-ring (bicyclic) bond motifs is 1. The predicted molar refractivity (Wildman–Crippen MR) is 125 cm³/mol. The fraction of sp³-hybridized carbons (Fsp3) is 0.292. The molecule has 2 amide bonds. The fourth-order valence-electron chi connectivity index (χ4n) is 3.77. The molecule has 0 bridgehead atoms. The van der Waals surface area contributed by atoms with Gasteiger partial charge in [0, 0.05) is 40.8 Å². The zero-order chi connectivity index (χ0) is 22.7. The van der Waals surface area contributed by atoms with E-state index < -0.39 is 0 Å². The molecule has 0 saturated heterocycles. The first-order chi connectivity index (χ1) is 15.4. The van der Waals surface area contributed by atoms with E-state index in [0.717, 1.165) is 12.8 Å². The average Bonchev–Trinajstić information content (AvgIpc) is 3.23. The molecule has 6 nitrogen and oxygen atoms in total. The summed E-state index contributed by atoms with van der Waals surface area (Å²) in [5, 5.41) is 8.38. The van der Waals surface area contributed by atoms with Crippen molar-refractivity contribution < 1.29 is 9.59 Å².